The van der Waals surface area contributed by atoms with Crippen LogP contribution in [0.2, 0.25) is 0 Å². The Labute approximate surface area is 93.1 Å². The molecule has 3 rings (SSSR count). The largest absolute Gasteiger partial charge is 0.348 e. The molecule has 3 heteroatoms. The van der Waals surface area contributed by atoms with Gasteiger partial charge in [-0.1, -0.05) is 12.1 Å². The number of hydrogen-bond donors (Lipinski definition) is 1. The first-order valence-corrected chi connectivity index (χ1v) is 5.16. The molecule has 1 N–H and O–H groups in total. The van der Waals surface area contributed by atoms with Gasteiger partial charge in [-0.3, -0.25) is 9.78 Å². The summed E-state index contributed by atoms with van der Waals surface area (Å²) < 4.78 is 0. The molecule has 1 amide bonds. The van der Waals surface area contributed by atoms with Crippen LogP contribution in [0.5, 0.6) is 0 Å². The highest BCUT2D eigenvalue weighted by atomic mass is 16.1. The van der Waals surface area contributed by atoms with Gasteiger partial charge in [-0.05, 0) is 34.9 Å². The van der Waals surface area contributed by atoms with E-state index in [9.17, 15) is 4.79 Å². The molecule has 2 heterocycles. The lowest BCUT2D eigenvalue weighted by atomic mass is 10.0. The first-order valence-electron chi connectivity index (χ1n) is 5.16. The standard InChI is InChI=1S/C13H10N2O/c16-13-12-4-3-9(6-11(12)8-15-13)10-2-1-5-14-7-10/h1-7H,8H2,(H,15,16). The van der Waals surface area contributed by atoms with Crippen LogP contribution < -0.4 is 5.32 Å². The molecule has 0 saturated heterocycles. The number of hydrogen-bond acceptors (Lipinski definition) is 2. The predicted molar refractivity (Wildman–Crippen MR) is 60.8 cm³/mol. The van der Waals surface area contributed by atoms with E-state index in [-0.39, 0.29) is 5.91 Å². The van der Waals surface area contributed by atoms with Crippen LogP contribution >= 0.6 is 0 Å². The highest BCUT2D eigenvalue weighted by molar-refractivity contribution is 5.98. The van der Waals surface area contributed by atoms with Crippen LogP contribution in [0.25, 0.3) is 11.1 Å². The summed E-state index contributed by atoms with van der Waals surface area (Å²) in [7, 11) is 0. The smallest absolute Gasteiger partial charge is 0.251 e. The van der Waals surface area contributed by atoms with E-state index in [4.69, 9.17) is 0 Å². The van der Waals surface area contributed by atoms with Gasteiger partial charge in [0.1, 0.15) is 0 Å². The average molecular weight is 210 g/mol. The fraction of sp³-hybridized carbons (Fsp3) is 0.0769. The minimum absolute atomic E-state index is 0.0211. The minimum Gasteiger partial charge on any atom is -0.348 e. The van der Waals surface area contributed by atoms with Crippen molar-refractivity contribution in [3.8, 4) is 11.1 Å². The number of amides is 1. The molecular weight excluding hydrogens is 200 g/mol. The van der Waals surface area contributed by atoms with Crippen molar-refractivity contribution in [1.29, 1.82) is 0 Å². The molecular formula is C13H10N2O. The predicted octanol–water partition coefficient (Wildman–Crippen LogP) is 1.99. The average Bonchev–Trinajstić information content (AvgIpc) is 2.72. The number of carbonyl (C=O) groups is 1. The SMILES string of the molecule is O=C1NCc2cc(-c3cccnc3)ccc21. The maximum atomic E-state index is 11.4. The lowest BCUT2D eigenvalue weighted by Gasteiger charge is -2.02. The van der Waals surface area contributed by atoms with Gasteiger partial charge in [0.15, 0.2) is 0 Å². The molecule has 0 saturated carbocycles. The summed E-state index contributed by atoms with van der Waals surface area (Å²) in [6.07, 6.45) is 3.58. The minimum atomic E-state index is 0.0211. The molecule has 0 unspecified atom stereocenters. The first kappa shape index (κ1) is 9.09. The lowest BCUT2D eigenvalue weighted by Crippen LogP contribution is -2.12. The lowest BCUT2D eigenvalue weighted by molar-refractivity contribution is 0.0966. The van der Waals surface area contributed by atoms with Gasteiger partial charge >= 0.3 is 0 Å². The molecule has 0 radical (unpaired) electrons. The number of fused-ring (bicyclic) bond motifs is 1. The van der Waals surface area contributed by atoms with E-state index in [0.29, 0.717) is 6.54 Å². The molecule has 0 spiro atoms. The van der Waals surface area contributed by atoms with E-state index in [1.165, 1.54) is 0 Å². The zero-order valence-electron chi connectivity index (χ0n) is 8.60. The number of aromatic nitrogens is 1. The quantitative estimate of drug-likeness (QED) is 0.782. The monoisotopic (exact) mass is 210 g/mol. The highest BCUT2D eigenvalue weighted by Crippen LogP contribution is 2.24. The molecule has 2 aromatic rings. The third-order valence-corrected chi connectivity index (χ3v) is 2.78. The molecule has 1 aromatic heterocycles. The van der Waals surface area contributed by atoms with Gasteiger partial charge in [0.05, 0.1) is 0 Å². The number of nitrogens with one attached hydrogen (secondary N) is 1. The summed E-state index contributed by atoms with van der Waals surface area (Å²) in [6, 6.07) is 9.80. The third-order valence-electron chi connectivity index (χ3n) is 2.78. The number of benzene rings is 1. The van der Waals surface area contributed by atoms with Gasteiger partial charge < -0.3 is 5.32 Å². The van der Waals surface area contributed by atoms with Crippen LogP contribution in [0.15, 0.2) is 42.7 Å². The van der Waals surface area contributed by atoms with Gasteiger partial charge in [-0.25, -0.2) is 0 Å². The maximum Gasteiger partial charge on any atom is 0.251 e. The van der Waals surface area contributed by atoms with Crippen LogP contribution in [0, 0.1) is 0 Å². The van der Waals surface area contributed by atoms with Gasteiger partial charge in [-0.2, -0.15) is 0 Å². The molecule has 3 nitrogen and oxygen atoms in total. The van der Waals surface area contributed by atoms with Crippen LogP contribution in [0.1, 0.15) is 15.9 Å². The molecule has 78 valence electrons. The van der Waals surface area contributed by atoms with Crippen molar-refractivity contribution >= 4 is 5.91 Å². The third kappa shape index (κ3) is 1.37. The molecule has 0 fully saturated rings. The Balaban J connectivity index is 2.09. The van der Waals surface area contributed by atoms with Crippen molar-refractivity contribution in [3.05, 3.63) is 53.9 Å². The second-order valence-electron chi connectivity index (χ2n) is 3.80. The van der Waals surface area contributed by atoms with Crippen LogP contribution in [0.4, 0.5) is 0 Å². The van der Waals surface area contributed by atoms with Gasteiger partial charge in [0.25, 0.3) is 5.91 Å². The molecule has 1 aliphatic heterocycles. The molecule has 1 aromatic carbocycles. The fourth-order valence-electron chi connectivity index (χ4n) is 1.95. The van der Waals surface area contributed by atoms with E-state index in [2.05, 4.69) is 10.3 Å². The number of rotatable bonds is 1. The highest BCUT2D eigenvalue weighted by Gasteiger charge is 2.18. The topological polar surface area (TPSA) is 42.0 Å². The summed E-state index contributed by atoms with van der Waals surface area (Å²) in [4.78, 5) is 15.5. The maximum absolute atomic E-state index is 11.4. The van der Waals surface area contributed by atoms with E-state index in [1.54, 1.807) is 6.20 Å². The van der Waals surface area contributed by atoms with Gasteiger partial charge in [-0.15, -0.1) is 0 Å². The van der Waals surface area contributed by atoms with Gasteiger partial charge in [0, 0.05) is 24.5 Å². The number of carbonyl (C=O) groups excluding carboxylic acids is 1. The Bertz CT molecular complexity index is 549. The zero-order chi connectivity index (χ0) is 11.0. The molecule has 0 atom stereocenters. The van der Waals surface area contributed by atoms with Crippen molar-refractivity contribution < 1.29 is 4.79 Å². The number of pyridine rings is 1. The summed E-state index contributed by atoms with van der Waals surface area (Å²) in [5, 5.41) is 2.81. The van der Waals surface area contributed by atoms with Crippen molar-refractivity contribution in [2.24, 2.45) is 0 Å². The summed E-state index contributed by atoms with van der Waals surface area (Å²) >= 11 is 0. The summed E-state index contributed by atoms with van der Waals surface area (Å²) in [5.74, 6) is 0.0211. The summed E-state index contributed by atoms with van der Waals surface area (Å²) in [6.45, 7) is 0.627. The van der Waals surface area contributed by atoms with Crippen molar-refractivity contribution in [3.63, 3.8) is 0 Å². The van der Waals surface area contributed by atoms with Crippen LogP contribution in [-0.2, 0) is 6.54 Å². The Morgan fingerprint density at radius 2 is 2.12 bits per heavy atom. The Kier molecular flexibility index (Phi) is 1.96. The van der Waals surface area contributed by atoms with E-state index < -0.39 is 0 Å². The van der Waals surface area contributed by atoms with Crippen molar-refractivity contribution in [1.82, 2.24) is 10.3 Å². The molecule has 16 heavy (non-hydrogen) atoms. The fourth-order valence-corrected chi connectivity index (χ4v) is 1.95. The zero-order valence-corrected chi connectivity index (χ0v) is 8.60. The second-order valence-corrected chi connectivity index (χ2v) is 3.80. The Morgan fingerprint density at radius 3 is 2.94 bits per heavy atom. The Hall–Kier alpha value is -2.16. The van der Waals surface area contributed by atoms with E-state index in [0.717, 1.165) is 22.3 Å². The first-order chi connectivity index (χ1) is 7.84. The van der Waals surface area contributed by atoms with Crippen molar-refractivity contribution in [2.45, 2.75) is 6.54 Å². The van der Waals surface area contributed by atoms with E-state index >= 15 is 0 Å². The van der Waals surface area contributed by atoms with Crippen molar-refractivity contribution in [2.75, 3.05) is 0 Å². The van der Waals surface area contributed by atoms with E-state index in [1.807, 2.05) is 36.5 Å². The second kappa shape index (κ2) is 3.45. The van der Waals surface area contributed by atoms with Crippen LogP contribution in [0.3, 0.4) is 0 Å². The molecule has 0 bridgehead atoms. The normalized spacial score (nSPS) is 13.4. The molecule has 0 aliphatic carbocycles. The van der Waals surface area contributed by atoms with Gasteiger partial charge in [0.2, 0.25) is 0 Å². The number of nitrogens with zero attached hydrogens (tertiary/aromatic N) is 1. The molecule has 1 aliphatic rings. The Morgan fingerprint density at radius 1 is 1.19 bits per heavy atom. The summed E-state index contributed by atoms with van der Waals surface area (Å²) in [5.41, 5.74) is 4.02. The van der Waals surface area contributed by atoms with Crippen LogP contribution in [-0.4, -0.2) is 10.9 Å².